The van der Waals surface area contributed by atoms with Crippen LogP contribution in [-0.2, 0) is 6.42 Å². The van der Waals surface area contributed by atoms with E-state index >= 15 is 0 Å². The van der Waals surface area contributed by atoms with Crippen molar-refractivity contribution in [1.82, 2.24) is 0 Å². The standard InChI is InChI=1S/C17H12.3C2H6/c1-2-9-15-13(5-1)11-14-8-3-6-12-7-4-10-16(15)17(12)14;3*1-2/h1-10H,11H2;3*1-2H3. The van der Waals surface area contributed by atoms with Gasteiger partial charge in [-0.2, -0.15) is 0 Å². The lowest BCUT2D eigenvalue weighted by Crippen LogP contribution is -2.00. The molecule has 23 heavy (non-hydrogen) atoms. The molecule has 0 saturated carbocycles. The number of fused-ring (bicyclic) bond motifs is 2. The van der Waals surface area contributed by atoms with Crippen molar-refractivity contribution in [3.8, 4) is 11.1 Å². The van der Waals surface area contributed by atoms with Crippen molar-refractivity contribution in [3.05, 3.63) is 71.8 Å². The highest BCUT2D eigenvalue weighted by atomic mass is 14.2. The molecule has 3 aromatic rings. The van der Waals surface area contributed by atoms with Gasteiger partial charge in [0.1, 0.15) is 0 Å². The van der Waals surface area contributed by atoms with E-state index in [1.54, 1.807) is 0 Å². The van der Waals surface area contributed by atoms with Gasteiger partial charge in [0.05, 0.1) is 0 Å². The minimum atomic E-state index is 1.06. The summed E-state index contributed by atoms with van der Waals surface area (Å²) in [6.45, 7) is 12.0. The molecule has 0 aromatic heterocycles. The fraction of sp³-hybridized carbons (Fsp3) is 0.304. The summed E-state index contributed by atoms with van der Waals surface area (Å²) in [5, 5.41) is 2.79. The van der Waals surface area contributed by atoms with Crippen LogP contribution in [0.3, 0.4) is 0 Å². The molecule has 3 aromatic carbocycles. The van der Waals surface area contributed by atoms with Gasteiger partial charge in [0.25, 0.3) is 0 Å². The van der Waals surface area contributed by atoms with Gasteiger partial charge in [-0.25, -0.2) is 0 Å². The zero-order chi connectivity index (χ0) is 17.2. The van der Waals surface area contributed by atoms with Crippen LogP contribution in [-0.4, -0.2) is 0 Å². The smallest absolute Gasteiger partial charge is 0.00132 e. The minimum Gasteiger partial charge on any atom is -0.0683 e. The van der Waals surface area contributed by atoms with E-state index in [-0.39, 0.29) is 0 Å². The van der Waals surface area contributed by atoms with Crippen molar-refractivity contribution in [3.63, 3.8) is 0 Å². The van der Waals surface area contributed by atoms with Crippen LogP contribution in [0.1, 0.15) is 52.7 Å². The van der Waals surface area contributed by atoms with Crippen molar-refractivity contribution in [2.24, 2.45) is 0 Å². The van der Waals surface area contributed by atoms with Gasteiger partial charge in [-0.1, -0.05) is 102 Å². The fourth-order valence-corrected chi connectivity index (χ4v) is 2.93. The van der Waals surface area contributed by atoms with Crippen molar-refractivity contribution in [2.75, 3.05) is 0 Å². The summed E-state index contributed by atoms with van der Waals surface area (Å²) in [4.78, 5) is 0. The Kier molecular flexibility index (Phi) is 8.11. The summed E-state index contributed by atoms with van der Waals surface area (Å²) in [6, 6.07) is 22.0. The Balaban J connectivity index is 0.000000400. The van der Waals surface area contributed by atoms with E-state index in [0.717, 1.165) is 6.42 Å². The molecule has 0 nitrogen and oxygen atoms in total. The Bertz CT molecular complexity index is 718. The summed E-state index contributed by atoms with van der Waals surface area (Å²) >= 11 is 0. The van der Waals surface area contributed by atoms with E-state index in [0.29, 0.717) is 0 Å². The highest BCUT2D eigenvalue weighted by molar-refractivity contribution is 6.01. The molecular weight excluding hydrogens is 276 g/mol. The van der Waals surface area contributed by atoms with Crippen molar-refractivity contribution >= 4 is 10.8 Å². The van der Waals surface area contributed by atoms with Crippen molar-refractivity contribution < 1.29 is 0 Å². The van der Waals surface area contributed by atoms with Crippen LogP contribution in [0.5, 0.6) is 0 Å². The van der Waals surface area contributed by atoms with E-state index in [1.165, 1.54) is 33.0 Å². The number of benzene rings is 3. The van der Waals surface area contributed by atoms with Gasteiger partial charge in [-0.15, -0.1) is 0 Å². The summed E-state index contributed by atoms with van der Waals surface area (Å²) in [7, 11) is 0. The van der Waals surface area contributed by atoms with Gasteiger partial charge in [0.15, 0.2) is 0 Å². The van der Waals surface area contributed by atoms with Gasteiger partial charge in [0.2, 0.25) is 0 Å². The third-order valence-corrected chi connectivity index (χ3v) is 3.68. The molecule has 0 fully saturated rings. The van der Waals surface area contributed by atoms with Gasteiger partial charge in [-0.05, 0) is 39.4 Å². The topological polar surface area (TPSA) is 0 Å². The molecule has 0 heteroatoms. The van der Waals surface area contributed by atoms with Crippen molar-refractivity contribution in [1.29, 1.82) is 0 Å². The molecular formula is C23H30. The van der Waals surface area contributed by atoms with Gasteiger partial charge in [-0.3, -0.25) is 0 Å². The molecule has 0 radical (unpaired) electrons. The molecule has 122 valence electrons. The second kappa shape index (κ2) is 9.84. The van der Waals surface area contributed by atoms with Crippen LogP contribution in [0, 0.1) is 0 Å². The first-order valence-electron chi connectivity index (χ1n) is 9.02. The summed E-state index contributed by atoms with van der Waals surface area (Å²) in [6.07, 6.45) is 1.06. The molecule has 0 N–H and O–H groups in total. The minimum absolute atomic E-state index is 1.06. The predicted molar refractivity (Wildman–Crippen MR) is 106 cm³/mol. The third-order valence-electron chi connectivity index (χ3n) is 3.68. The Morgan fingerprint density at radius 3 is 1.74 bits per heavy atom. The van der Waals surface area contributed by atoms with Crippen LogP contribution in [0.2, 0.25) is 0 Å². The summed E-state index contributed by atoms with van der Waals surface area (Å²) in [5.41, 5.74) is 5.69. The molecule has 0 aliphatic heterocycles. The number of hydrogen-bond donors (Lipinski definition) is 0. The highest BCUT2D eigenvalue weighted by Crippen LogP contribution is 2.38. The van der Waals surface area contributed by atoms with Gasteiger partial charge >= 0.3 is 0 Å². The molecule has 4 rings (SSSR count). The van der Waals surface area contributed by atoms with E-state index in [1.807, 2.05) is 41.5 Å². The zero-order valence-electron chi connectivity index (χ0n) is 15.5. The highest BCUT2D eigenvalue weighted by Gasteiger charge is 2.16. The SMILES string of the molecule is CC.CC.CC.c1ccc2c(c1)Cc1cccc3cccc-2c13. The van der Waals surface area contributed by atoms with Crippen LogP contribution in [0.25, 0.3) is 21.9 Å². The Labute approximate surface area is 142 Å². The van der Waals surface area contributed by atoms with E-state index < -0.39 is 0 Å². The van der Waals surface area contributed by atoms with Crippen molar-refractivity contribution in [2.45, 2.75) is 48.0 Å². The first-order valence-corrected chi connectivity index (χ1v) is 9.02. The Morgan fingerprint density at radius 1 is 0.522 bits per heavy atom. The van der Waals surface area contributed by atoms with E-state index in [9.17, 15) is 0 Å². The van der Waals surface area contributed by atoms with Gasteiger partial charge in [0, 0.05) is 0 Å². The third kappa shape index (κ3) is 3.82. The molecule has 0 atom stereocenters. The van der Waals surface area contributed by atoms with Crippen LogP contribution in [0.4, 0.5) is 0 Å². The second-order valence-corrected chi connectivity index (χ2v) is 4.65. The van der Waals surface area contributed by atoms with E-state index in [4.69, 9.17) is 0 Å². The maximum Gasteiger partial charge on any atom is -0.00132 e. The monoisotopic (exact) mass is 306 g/mol. The average Bonchev–Trinajstić information content (AvgIpc) is 2.67. The van der Waals surface area contributed by atoms with Crippen LogP contribution in [0.15, 0.2) is 60.7 Å². The lowest BCUT2D eigenvalue weighted by molar-refractivity contribution is 1.20. The largest absolute Gasteiger partial charge is 0.0683 e. The second-order valence-electron chi connectivity index (χ2n) is 4.65. The van der Waals surface area contributed by atoms with Crippen LogP contribution < -0.4 is 0 Å². The summed E-state index contributed by atoms with van der Waals surface area (Å²) < 4.78 is 0. The molecule has 0 spiro atoms. The van der Waals surface area contributed by atoms with Gasteiger partial charge < -0.3 is 0 Å². The molecule has 0 amide bonds. The lowest BCUT2D eigenvalue weighted by Gasteiger charge is -2.20. The predicted octanol–water partition coefficient (Wildman–Crippen LogP) is 7.49. The quantitative estimate of drug-likeness (QED) is 0.315. The van der Waals surface area contributed by atoms with E-state index in [2.05, 4.69) is 60.7 Å². The Hall–Kier alpha value is -2.08. The molecule has 0 unspecified atom stereocenters. The molecule has 0 saturated heterocycles. The number of hydrogen-bond acceptors (Lipinski definition) is 0. The normalized spacial score (nSPS) is 10.0. The first-order chi connectivity index (χ1) is 11.4. The Morgan fingerprint density at radius 2 is 1.04 bits per heavy atom. The number of rotatable bonds is 0. The fourth-order valence-electron chi connectivity index (χ4n) is 2.93. The maximum atomic E-state index is 2.25. The summed E-state index contributed by atoms with van der Waals surface area (Å²) in [5.74, 6) is 0. The first kappa shape index (κ1) is 19.0. The maximum absolute atomic E-state index is 2.25. The molecule has 1 aliphatic rings. The lowest BCUT2D eigenvalue weighted by atomic mass is 9.84. The zero-order valence-corrected chi connectivity index (χ0v) is 15.5. The molecule has 0 heterocycles. The van der Waals surface area contributed by atoms with Crippen LogP contribution >= 0.6 is 0 Å². The molecule has 1 aliphatic carbocycles. The molecule has 0 bridgehead atoms. The average molecular weight is 306 g/mol.